The van der Waals surface area contributed by atoms with E-state index in [1.54, 1.807) is 0 Å². The molecule has 1 rings (SSSR count). The average molecular weight is 171 g/mol. The zero-order chi connectivity index (χ0) is 9.03. The van der Waals surface area contributed by atoms with Gasteiger partial charge in [-0.2, -0.15) is 4.99 Å². The molecule has 0 aromatic heterocycles. The molecule has 1 aliphatic rings. The number of hydrogen-bond acceptors (Lipinski definition) is 2. The van der Waals surface area contributed by atoms with Crippen molar-refractivity contribution in [3.05, 3.63) is 0 Å². The Hall–Kier alpha value is -0.690. The average Bonchev–Trinajstić information content (AvgIpc) is 2.06. The molecule has 1 fully saturated rings. The molecule has 0 aromatic rings. The largest absolute Gasteiger partial charge is 0.245 e. The van der Waals surface area contributed by atoms with E-state index in [1.165, 1.54) is 13.0 Å². The molecule has 1 atom stereocenters. The molecule has 0 radical (unpaired) electrons. The molecule has 2 nitrogen and oxygen atoms in total. The van der Waals surface area contributed by atoms with Crippen LogP contribution in [-0.2, 0) is 4.79 Å². The van der Waals surface area contributed by atoms with E-state index in [9.17, 15) is 9.18 Å². The topological polar surface area (TPSA) is 29.4 Å². The minimum atomic E-state index is -1.03. The fraction of sp³-hybridized carbons (Fsp3) is 0.889. The summed E-state index contributed by atoms with van der Waals surface area (Å²) >= 11 is 0. The highest BCUT2D eigenvalue weighted by Gasteiger charge is 2.37. The second kappa shape index (κ2) is 3.81. The normalized spacial score (nSPS) is 24.2. The summed E-state index contributed by atoms with van der Waals surface area (Å²) in [6.45, 7) is 1.48. The third kappa shape index (κ3) is 1.72. The second-order valence-electron chi connectivity index (χ2n) is 3.48. The monoisotopic (exact) mass is 171 g/mol. The van der Waals surface area contributed by atoms with E-state index in [0.717, 1.165) is 19.3 Å². The van der Waals surface area contributed by atoms with Gasteiger partial charge >= 0.3 is 0 Å². The van der Waals surface area contributed by atoms with Gasteiger partial charge < -0.3 is 0 Å². The first-order valence-corrected chi connectivity index (χ1v) is 4.44. The summed E-state index contributed by atoms with van der Waals surface area (Å²) in [6.07, 6.45) is 4.93. The third-order valence-electron chi connectivity index (χ3n) is 2.73. The summed E-state index contributed by atoms with van der Waals surface area (Å²) in [6, 6.07) is 0. The van der Waals surface area contributed by atoms with E-state index < -0.39 is 11.7 Å². The third-order valence-corrected chi connectivity index (χ3v) is 2.73. The van der Waals surface area contributed by atoms with Crippen LogP contribution >= 0.6 is 0 Å². The van der Waals surface area contributed by atoms with E-state index in [2.05, 4.69) is 4.99 Å². The lowest BCUT2D eigenvalue weighted by atomic mass is 9.79. The predicted molar refractivity (Wildman–Crippen MR) is 44.5 cm³/mol. The highest BCUT2D eigenvalue weighted by atomic mass is 19.1. The van der Waals surface area contributed by atoms with Gasteiger partial charge in [-0.05, 0) is 19.8 Å². The van der Waals surface area contributed by atoms with Crippen molar-refractivity contribution in [2.75, 3.05) is 0 Å². The number of nitrogens with zero attached hydrogens (tertiary/aromatic N) is 1. The van der Waals surface area contributed by atoms with Crippen molar-refractivity contribution >= 4 is 6.08 Å². The van der Waals surface area contributed by atoms with Crippen LogP contribution in [0.2, 0.25) is 0 Å². The smallest absolute Gasteiger partial charge is 0.235 e. The van der Waals surface area contributed by atoms with Crippen LogP contribution in [0.25, 0.3) is 0 Å². The molecule has 0 N–H and O–H groups in total. The number of hydrogen-bond donors (Lipinski definition) is 0. The maximum absolute atomic E-state index is 13.2. The zero-order valence-corrected chi connectivity index (χ0v) is 7.35. The highest BCUT2D eigenvalue weighted by molar-refractivity contribution is 5.35. The molecule has 68 valence electrons. The lowest BCUT2D eigenvalue weighted by Gasteiger charge is -2.33. The molecular weight excluding hydrogens is 157 g/mol. The number of halogens is 1. The van der Waals surface area contributed by atoms with Gasteiger partial charge in [-0.25, -0.2) is 9.18 Å². The number of alkyl halides is 1. The molecule has 0 aliphatic heterocycles. The van der Waals surface area contributed by atoms with Crippen LogP contribution < -0.4 is 0 Å². The van der Waals surface area contributed by atoms with Crippen LogP contribution in [0.3, 0.4) is 0 Å². The number of carbonyl (C=O) groups excluding carboxylic acids is 1. The minimum absolute atomic E-state index is 0.694. The van der Waals surface area contributed by atoms with Crippen molar-refractivity contribution in [3.63, 3.8) is 0 Å². The van der Waals surface area contributed by atoms with Gasteiger partial charge in [0.1, 0.15) is 11.7 Å². The van der Waals surface area contributed by atoms with E-state index in [4.69, 9.17) is 0 Å². The summed E-state index contributed by atoms with van der Waals surface area (Å²) in [5, 5.41) is 0. The Labute approximate surface area is 71.9 Å². The molecule has 0 bridgehead atoms. The van der Waals surface area contributed by atoms with Crippen molar-refractivity contribution in [2.45, 2.75) is 50.7 Å². The minimum Gasteiger partial charge on any atom is -0.245 e. The SMILES string of the molecule is CC(F)C1(N=C=O)CCCCC1. The van der Waals surface area contributed by atoms with Crippen LogP contribution in [0.15, 0.2) is 4.99 Å². The first-order valence-electron chi connectivity index (χ1n) is 4.44. The number of rotatable bonds is 2. The van der Waals surface area contributed by atoms with Gasteiger partial charge in [0.05, 0.1) is 0 Å². The molecule has 0 spiro atoms. The molecule has 1 unspecified atom stereocenters. The fourth-order valence-electron chi connectivity index (χ4n) is 1.85. The molecule has 12 heavy (non-hydrogen) atoms. The van der Waals surface area contributed by atoms with Crippen molar-refractivity contribution in [1.82, 2.24) is 0 Å². The highest BCUT2D eigenvalue weighted by Crippen LogP contribution is 2.35. The standard InChI is InChI=1S/C9H14FNO/c1-8(10)9(11-7-12)5-3-2-4-6-9/h8H,2-6H2,1H3. The summed E-state index contributed by atoms with van der Waals surface area (Å²) in [7, 11) is 0. The summed E-state index contributed by atoms with van der Waals surface area (Å²) in [5.41, 5.74) is -0.736. The Morgan fingerprint density at radius 2 is 2.00 bits per heavy atom. The van der Waals surface area contributed by atoms with Gasteiger partial charge in [-0.1, -0.05) is 19.3 Å². The van der Waals surface area contributed by atoms with E-state index in [1.807, 2.05) is 0 Å². The Bertz CT molecular complexity index is 191. The van der Waals surface area contributed by atoms with Gasteiger partial charge in [-0.15, -0.1) is 0 Å². The van der Waals surface area contributed by atoms with E-state index >= 15 is 0 Å². The Morgan fingerprint density at radius 1 is 1.42 bits per heavy atom. The van der Waals surface area contributed by atoms with Crippen molar-refractivity contribution in [2.24, 2.45) is 4.99 Å². The molecule has 1 aliphatic carbocycles. The Kier molecular flexibility index (Phi) is 2.99. The van der Waals surface area contributed by atoms with Crippen molar-refractivity contribution < 1.29 is 9.18 Å². The predicted octanol–water partition coefficient (Wildman–Crippen LogP) is 2.38. The van der Waals surface area contributed by atoms with Crippen LogP contribution in [0, 0.1) is 0 Å². The van der Waals surface area contributed by atoms with Crippen LogP contribution in [-0.4, -0.2) is 17.8 Å². The molecule has 3 heteroatoms. The van der Waals surface area contributed by atoms with E-state index in [-0.39, 0.29) is 0 Å². The summed E-state index contributed by atoms with van der Waals surface area (Å²) in [4.78, 5) is 13.8. The quantitative estimate of drug-likeness (QED) is 0.463. The first-order chi connectivity index (χ1) is 5.71. The summed E-state index contributed by atoms with van der Waals surface area (Å²) in [5.74, 6) is 0. The summed E-state index contributed by atoms with van der Waals surface area (Å²) < 4.78 is 13.2. The Balaban J connectivity index is 2.76. The lowest BCUT2D eigenvalue weighted by molar-refractivity contribution is 0.159. The van der Waals surface area contributed by atoms with Crippen LogP contribution in [0.4, 0.5) is 4.39 Å². The molecule has 0 heterocycles. The van der Waals surface area contributed by atoms with Crippen molar-refractivity contribution in [1.29, 1.82) is 0 Å². The van der Waals surface area contributed by atoms with Gasteiger partial charge in [0.25, 0.3) is 0 Å². The Morgan fingerprint density at radius 3 is 2.42 bits per heavy atom. The van der Waals surface area contributed by atoms with Crippen molar-refractivity contribution in [3.8, 4) is 0 Å². The zero-order valence-electron chi connectivity index (χ0n) is 7.35. The molecule has 1 saturated carbocycles. The van der Waals surface area contributed by atoms with Gasteiger partial charge in [-0.3, -0.25) is 0 Å². The molecule has 0 aromatic carbocycles. The molecule has 0 saturated heterocycles. The van der Waals surface area contributed by atoms with Crippen LogP contribution in [0.1, 0.15) is 39.0 Å². The first kappa shape index (κ1) is 9.40. The van der Waals surface area contributed by atoms with E-state index in [0.29, 0.717) is 12.8 Å². The van der Waals surface area contributed by atoms with Crippen LogP contribution in [0.5, 0.6) is 0 Å². The number of isocyanates is 1. The number of aliphatic imine (C=N–C) groups is 1. The maximum Gasteiger partial charge on any atom is 0.235 e. The molecule has 0 amide bonds. The second-order valence-corrected chi connectivity index (χ2v) is 3.48. The van der Waals surface area contributed by atoms with Gasteiger partial charge in [0.15, 0.2) is 0 Å². The fourth-order valence-corrected chi connectivity index (χ4v) is 1.85. The lowest BCUT2D eigenvalue weighted by Crippen LogP contribution is -2.38. The maximum atomic E-state index is 13.2. The molecular formula is C9H14FNO. The van der Waals surface area contributed by atoms with Gasteiger partial charge in [0.2, 0.25) is 6.08 Å². The van der Waals surface area contributed by atoms with Gasteiger partial charge in [0, 0.05) is 0 Å².